The van der Waals surface area contributed by atoms with Gasteiger partial charge in [0.2, 0.25) is 0 Å². The van der Waals surface area contributed by atoms with E-state index in [0.717, 1.165) is 5.69 Å². The van der Waals surface area contributed by atoms with Crippen LogP contribution in [0.15, 0.2) is 55.0 Å². The second kappa shape index (κ2) is 5.16. The summed E-state index contributed by atoms with van der Waals surface area (Å²) in [5, 5.41) is 6.85. The lowest BCUT2D eigenvalue weighted by Gasteiger charge is -2.11. The molecule has 1 aromatic carbocycles. The number of aryl methyl sites for hydroxylation is 1. The molecule has 0 atom stereocenters. The Hall–Kier alpha value is -3.02. The van der Waals surface area contributed by atoms with Gasteiger partial charge >= 0.3 is 0 Å². The number of nitrogens with two attached hydrogens (primary N) is 1. The van der Waals surface area contributed by atoms with Crippen molar-refractivity contribution in [3.8, 4) is 5.69 Å². The Morgan fingerprint density at radius 3 is 2.57 bits per heavy atom. The second-order valence-electron chi connectivity index (χ2n) is 4.63. The first-order valence-electron chi connectivity index (χ1n) is 6.48. The molecule has 0 aliphatic carbocycles. The summed E-state index contributed by atoms with van der Waals surface area (Å²) in [6.45, 7) is 0. The number of nitrogens with one attached hydrogen (secondary N) is 1. The molecule has 0 spiro atoms. The Kier molecular flexibility index (Phi) is 3.19. The third-order valence-electron chi connectivity index (χ3n) is 3.26. The Balaban J connectivity index is 1.92. The molecule has 0 unspecified atom stereocenters. The van der Waals surface area contributed by atoms with Crippen molar-refractivity contribution in [2.75, 3.05) is 11.1 Å². The fourth-order valence-corrected chi connectivity index (χ4v) is 2.11. The van der Waals surface area contributed by atoms with Gasteiger partial charge in [0.15, 0.2) is 0 Å². The number of rotatable bonds is 3. The molecule has 1 amide bonds. The summed E-state index contributed by atoms with van der Waals surface area (Å²) < 4.78 is 3.40. The Labute approximate surface area is 121 Å². The number of nitrogens with zero attached hydrogens (tertiary/aromatic N) is 3. The molecule has 2 aromatic heterocycles. The van der Waals surface area contributed by atoms with Gasteiger partial charge in [-0.2, -0.15) is 5.10 Å². The van der Waals surface area contributed by atoms with E-state index in [1.807, 2.05) is 53.4 Å². The highest BCUT2D eigenvalue weighted by Gasteiger charge is 2.15. The van der Waals surface area contributed by atoms with Gasteiger partial charge in [-0.15, -0.1) is 0 Å². The number of aromatic nitrogens is 3. The van der Waals surface area contributed by atoms with Crippen molar-refractivity contribution < 1.29 is 4.79 Å². The normalized spacial score (nSPS) is 10.5. The van der Waals surface area contributed by atoms with E-state index < -0.39 is 0 Å². The zero-order chi connectivity index (χ0) is 14.8. The van der Waals surface area contributed by atoms with Gasteiger partial charge in [-0.25, -0.2) is 0 Å². The van der Waals surface area contributed by atoms with Crippen molar-refractivity contribution in [3.05, 3.63) is 60.6 Å². The molecule has 0 aliphatic rings. The van der Waals surface area contributed by atoms with Gasteiger partial charge in [-0.1, -0.05) is 12.1 Å². The monoisotopic (exact) mass is 281 g/mol. The van der Waals surface area contributed by atoms with Crippen LogP contribution < -0.4 is 11.1 Å². The first-order valence-corrected chi connectivity index (χ1v) is 6.48. The van der Waals surface area contributed by atoms with Crippen LogP contribution in [0.1, 0.15) is 10.4 Å². The molecule has 3 aromatic rings. The van der Waals surface area contributed by atoms with E-state index in [1.54, 1.807) is 7.05 Å². The quantitative estimate of drug-likeness (QED) is 0.771. The zero-order valence-corrected chi connectivity index (χ0v) is 11.5. The second-order valence-corrected chi connectivity index (χ2v) is 4.63. The third-order valence-corrected chi connectivity index (χ3v) is 3.26. The van der Waals surface area contributed by atoms with Crippen molar-refractivity contribution in [1.82, 2.24) is 14.3 Å². The Morgan fingerprint density at radius 2 is 1.90 bits per heavy atom. The highest BCUT2D eigenvalue weighted by molar-refractivity contribution is 6.08. The van der Waals surface area contributed by atoms with Gasteiger partial charge in [0.25, 0.3) is 5.91 Å². The number of hydrogen-bond acceptors (Lipinski definition) is 3. The maximum Gasteiger partial charge on any atom is 0.261 e. The maximum absolute atomic E-state index is 12.3. The van der Waals surface area contributed by atoms with E-state index in [0.29, 0.717) is 17.1 Å². The molecule has 6 heteroatoms. The molecule has 0 radical (unpaired) electrons. The maximum atomic E-state index is 12.3. The molecule has 3 N–H and O–H groups in total. The summed E-state index contributed by atoms with van der Waals surface area (Å²) >= 11 is 0. The van der Waals surface area contributed by atoms with Crippen molar-refractivity contribution in [2.24, 2.45) is 7.05 Å². The molecule has 0 bridgehead atoms. The standard InChI is InChI=1S/C15H15N5O/c1-19-14(16)11(10-17-19)15(21)18-12-6-2-3-7-13(12)20-8-4-5-9-20/h2-10H,16H2,1H3,(H,18,21). The number of nitrogen functional groups attached to an aromatic ring is 1. The van der Waals surface area contributed by atoms with Crippen LogP contribution in [0.4, 0.5) is 11.5 Å². The summed E-state index contributed by atoms with van der Waals surface area (Å²) in [6.07, 6.45) is 5.30. The van der Waals surface area contributed by atoms with Crippen molar-refractivity contribution >= 4 is 17.4 Å². The summed E-state index contributed by atoms with van der Waals surface area (Å²) in [6, 6.07) is 11.4. The molecular formula is C15H15N5O. The minimum atomic E-state index is -0.278. The van der Waals surface area contributed by atoms with Crippen molar-refractivity contribution in [1.29, 1.82) is 0 Å². The van der Waals surface area contributed by atoms with E-state index in [-0.39, 0.29) is 5.91 Å². The van der Waals surface area contributed by atoms with Gasteiger partial charge in [-0.05, 0) is 24.3 Å². The first-order chi connectivity index (χ1) is 10.2. The van der Waals surface area contributed by atoms with Crippen LogP contribution >= 0.6 is 0 Å². The summed E-state index contributed by atoms with van der Waals surface area (Å²) in [5.41, 5.74) is 7.78. The number of para-hydroxylation sites is 2. The lowest BCUT2D eigenvalue weighted by atomic mass is 10.2. The SMILES string of the molecule is Cn1ncc(C(=O)Nc2ccccc2-n2cccc2)c1N. The van der Waals surface area contributed by atoms with E-state index in [9.17, 15) is 4.79 Å². The van der Waals surface area contributed by atoms with Crippen LogP contribution in [-0.4, -0.2) is 20.3 Å². The van der Waals surface area contributed by atoms with Crippen LogP contribution in [0, 0.1) is 0 Å². The third kappa shape index (κ3) is 2.38. The van der Waals surface area contributed by atoms with E-state index in [4.69, 9.17) is 5.73 Å². The summed E-state index contributed by atoms with van der Waals surface area (Å²) in [5.74, 6) is 0.0613. The predicted molar refractivity (Wildman–Crippen MR) is 81.3 cm³/mol. The number of amides is 1. The van der Waals surface area contributed by atoms with E-state index in [1.165, 1.54) is 10.9 Å². The van der Waals surface area contributed by atoms with Gasteiger partial charge in [0.1, 0.15) is 11.4 Å². The van der Waals surface area contributed by atoms with E-state index in [2.05, 4.69) is 10.4 Å². The molecule has 106 valence electrons. The number of carbonyl (C=O) groups excluding carboxylic acids is 1. The van der Waals surface area contributed by atoms with Crippen LogP contribution in [-0.2, 0) is 7.05 Å². The topological polar surface area (TPSA) is 77.9 Å². The predicted octanol–water partition coefficient (Wildman–Crippen LogP) is 2.05. The average molecular weight is 281 g/mol. The first kappa shape index (κ1) is 13.0. The molecule has 6 nitrogen and oxygen atoms in total. The van der Waals surface area contributed by atoms with Crippen LogP contribution in [0.5, 0.6) is 0 Å². The molecule has 21 heavy (non-hydrogen) atoms. The number of anilines is 2. The Morgan fingerprint density at radius 1 is 1.19 bits per heavy atom. The number of carbonyl (C=O) groups is 1. The average Bonchev–Trinajstić information content (AvgIpc) is 3.11. The molecular weight excluding hydrogens is 266 g/mol. The van der Waals surface area contributed by atoms with Crippen molar-refractivity contribution in [2.45, 2.75) is 0 Å². The van der Waals surface area contributed by atoms with Gasteiger partial charge < -0.3 is 15.6 Å². The molecule has 0 aliphatic heterocycles. The highest BCUT2D eigenvalue weighted by Crippen LogP contribution is 2.21. The Bertz CT molecular complexity index is 773. The molecule has 0 fully saturated rings. The lowest BCUT2D eigenvalue weighted by molar-refractivity contribution is 0.102. The van der Waals surface area contributed by atoms with E-state index >= 15 is 0 Å². The molecule has 0 saturated carbocycles. The number of hydrogen-bond donors (Lipinski definition) is 2. The molecule has 2 heterocycles. The van der Waals surface area contributed by atoms with Crippen LogP contribution in [0.3, 0.4) is 0 Å². The summed E-state index contributed by atoms with van der Waals surface area (Å²) in [7, 11) is 1.69. The zero-order valence-electron chi connectivity index (χ0n) is 11.5. The van der Waals surface area contributed by atoms with Gasteiger partial charge in [-0.3, -0.25) is 9.48 Å². The van der Waals surface area contributed by atoms with Crippen LogP contribution in [0.2, 0.25) is 0 Å². The minimum Gasteiger partial charge on any atom is -0.383 e. The fraction of sp³-hybridized carbons (Fsp3) is 0.0667. The lowest BCUT2D eigenvalue weighted by Crippen LogP contribution is -2.15. The molecule has 3 rings (SSSR count). The minimum absolute atomic E-state index is 0.278. The van der Waals surface area contributed by atoms with Crippen molar-refractivity contribution in [3.63, 3.8) is 0 Å². The summed E-state index contributed by atoms with van der Waals surface area (Å²) in [4.78, 5) is 12.3. The smallest absolute Gasteiger partial charge is 0.261 e. The number of benzene rings is 1. The molecule has 0 saturated heterocycles. The largest absolute Gasteiger partial charge is 0.383 e. The van der Waals surface area contributed by atoms with Gasteiger partial charge in [0, 0.05) is 19.4 Å². The fourth-order valence-electron chi connectivity index (χ4n) is 2.11. The van der Waals surface area contributed by atoms with Gasteiger partial charge in [0.05, 0.1) is 17.6 Å². The highest BCUT2D eigenvalue weighted by atomic mass is 16.1. The van der Waals surface area contributed by atoms with Crippen LogP contribution in [0.25, 0.3) is 5.69 Å².